The molecule has 1 aromatic rings. The van der Waals surface area contributed by atoms with Crippen molar-refractivity contribution >= 4 is 5.82 Å². The molecule has 6 heteroatoms. The fraction of sp³-hybridized carbons (Fsp3) is 0.667. The summed E-state index contributed by atoms with van der Waals surface area (Å²) in [7, 11) is 0. The maximum Gasteiger partial charge on any atom is 0.416 e. The van der Waals surface area contributed by atoms with Crippen molar-refractivity contribution in [3.8, 4) is 0 Å². The maximum absolute atomic E-state index is 12.7. The van der Waals surface area contributed by atoms with E-state index in [1.807, 2.05) is 0 Å². The van der Waals surface area contributed by atoms with Crippen LogP contribution < -0.4 is 5.32 Å². The smallest absolute Gasteiger partial charge is 0.367 e. The van der Waals surface area contributed by atoms with Crippen molar-refractivity contribution in [1.82, 2.24) is 9.88 Å². The third kappa shape index (κ3) is 4.09. The third-order valence-electron chi connectivity index (χ3n) is 4.24. The molecule has 1 saturated heterocycles. The lowest BCUT2D eigenvalue weighted by Crippen LogP contribution is -2.40. The van der Waals surface area contributed by atoms with E-state index < -0.39 is 11.7 Å². The molecule has 2 fully saturated rings. The number of halogens is 3. The van der Waals surface area contributed by atoms with Gasteiger partial charge in [0.1, 0.15) is 5.82 Å². The number of hydrogen-bond donors (Lipinski definition) is 1. The van der Waals surface area contributed by atoms with E-state index in [2.05, 4.69) is 15.2 Å². The second-order valence-electron chi connectivity index (χ2n) is 6.09. The van der Waals surface area contributed by atoms with Gasteiger partial charge in [0.05, 0.1) is 5.56 Å². The molecule has 1 N–H and O–H groups in total. The van der Waals surface area contributed by atoms with E-state index in [1.54, 1.807) is 0 Å². The predicted molar refractivity (Wildman–Crippen MR) is 75.0 cm³/mol. The van der Waals surface area contributed by atoms with Crippen LogP contribution in [-0.2, 0) is 6.18 Å². The molecule has 0 aromatic carbocycles. The highest BCUT2D eigenvalue weighted by molar-refractivity contribution is 5.39. The summed E-state index contributed by atoms with van der Waals surface area (Å²) in [6.45, 7) is 3.23. The molecule has 1 aliphatic heterocycles. The molecule has 1 aromatic heterocycles. The molecule has 2 heterocycles. The van der Waals surface area contributed by atoms with Gasteiger partial charge in [-0.15, -0.1) is 0 Å². The second kappa shape index (κ2) is 5.83. The Morgan fingerprint density at radius 2 is 1.90 bits per heavy atom. The molecule has 0 atom stereocenters. The molecule has 1 saturated carbocycles. The summed E-state index contributed by atoms with van der Waals surface area (Å²) in [6, 6.07) is 2.32. The average molecular weight is 299 g/mol. The van der Waals surface area contributed by atoms with Gasteiger partial charge in [-0.25, -0.2) is 4.98 Å². The number of nitrogens with zero attached hydrogens (tertiary/aromatic N) is 2. The molecule has 1 aliphatic carbocycles. The van der Waals surface area contributed by atoms with Crippen LogP contribution in [0, 0.1) is 5.92 Å². The number of likely N-dealkylation sites (tertiary alicyclic amines) is 1. The van der Waals surface area contributed by atoms with E-state index in [1.165, 1.54) is 25.6 Å². The highest BCUT2D eigenvalue weighted by Gasteiger charge is 2.31. The Morgan fingerprint density at radius 3 is 2.52 bits per heavy atom. The van der Waals surface area contributed by atoms with Crippen molar-refractivity contribution in [2.45, 2.75) is 37.9 Å². The Morgan fingerprint density at radius 1 is 1.19 bits per heavy atom. The van der Waals surface area contributed by atoms with Crippen molar-refractivity contribution in [2.75, 3.05) is 25.0 Å². The zero-order valence-electron chi connectivity index (χ0n) is 11.9. The fourth-order valence-corrected chi connectivity index (χ4v) is 2.82. The van der Waals surface area contributed by atoms with Gasteiger partial charge in [-0.1, -0.05) is 0 Å². The van der Waals surface area contributed by atoms with E-state index in [9.17, 15) is 13.2 Å². The lowest BCUT2D eigenvalue weighted by molar-refractivity contribution is -0.137. The highest BCUT2D eigenvalue weighted by Crippen LogP contribution is 2.32. The number of alkyl halides is 3. The van der Waals surface area contributed by atoms with Crippen molar-refractivity contribution in [2.24, 2.45) is 5.92 Å². The van der Waals surface area contributed by atoms with Gasteiger partial charge in [-0.3, -0.25) is 0 Å². The van der Waals surface area contributed by atoms with Gasteiger partial charge in [-0.2, -0.15) is 13.2 Å². The van der Waals surface area contributed by atoms with Gasteiger partial charge < -0.3 is 10.2 Å². The summed E-state index contributed by atoms with van der Waals surface area (Å²) in [5.41, 5.74) is -0.647. The largest absolute Gasteiger partial charge is 0.416 e. The number of rotatable bonds is 4. The fourth-order valence-electron chi connectivity index (χ4n) is 2.82. The molecule has 116 valence electrons. The number of nitrogens with one attached hydrogen (secondary N) is 1. The molecule has 0 bridgehead atoms. The average Bonchev–Trinajstić information content (AvgIpc) is 3.24. The normalized spacial score (nSPS) is 21.5. The lowest BCUT2D eigenvalue weighted by atomic mass is 10.0. The minimum atomic E-state index is -4.31. The minimum absolute atomic E-state index is 0.219. The minimum Gasteiger partial charge on any atom is -0.367 e. The first-order valence-corrected chi connectivity index (χ1v) is 7.53. The number of anilines is 1. The van der Waals surface area contributed by atoms with E-state index in [-0.39, 0.29) is 6.04 Å². The van der Waals surface area contributed by atoms with E-state index >= 15 is 0 Å². The first-order valence-electron chi connectivity index (χ1n) is 7.53. The number of hydrogen-bond acceptors (Lipinski definition) is 3. The Bertz CT molecular complexity index is 477. The Balaban J connectivity index is 1.52. The molecule has 3 rings (SSSR count). The lowest BCUT2D eigenvalue weighted by Gasteiger charge is -2.32. The SMILES string of the molecule is FC(F)(F)c1ccnc(NC2CCN(CC3CC3)CC2)c1. The molecular formula is C15H20F3N3. The van der Waals surface area contributed by atoms with Crippen molar-refractivity contribution in [3.63, 3.8) is 0 Å². The van der Waals surface area contributed by atoms with E-state index in [4.69, 9.17) is 0 Å². The topological polar surface area (TPSA) is 28.2 Å². The van der Waals surface area contributed by atoms with Gasteiger partial charge in [0.2, 0.25) is 0 Å². The summed E-state index contributed by atoms with van der Waals surface area (Å²) in [5.74, 6) is 1.21. The molecule has 2 aliphatic rings. The summed E-state index contributed by atoms with van der Waals surface area (Å²) in [4.78, 5) is 6.47. The quantitative estimate of drug-likeness (QED) is 0.923. The Kier molecular flexibility index (Phi) is 4.06. The van der Waals surface area contributed by atoms with E-state index in [0.29, 0.717) is 5.82 Å². The number of pyridine rings is 1. The Hall–Kier alpha value is -1.30. The van der Waals surface area contributed by atoms with Crippen LogP contribution in [0.2, 0.25) is 0 Å². The highest BCUT2D eigenvalue weighted by atomic mass is 19.4. The summed E-state index contributed by atoms with van der Waals surface area (Å²) < 4.78 is 38.0. The summed E-state index contributed by atoms with van der Waals surface area (Å²) in [6.07, 6.45) is 1.54. The van der Waals surface area contributed by atoms with Crippen LogP contribution in [0.4, 0.5) is 19.0 Å². The van der Waals surface area contributed by atoms with Crippen molar-refractivity contribution < 1.29 is 13.2 Å². The molecule has 21 heavy (non-hydrogen) atoms. The van der Waals surface area contributed by atoms with Crippen LogP contribution in [0.15, 0.2) is 18.3 Å². The van der Waals surface area contributed by atoms with Crippen LogP contribution in [-0.4, -0.2) is 35.6 Å². The molecule has 0 spiro atoms. The van der Waals surface area contributed by atoms with E-state index in [0.717, 1.165) is 44.0 Å². The van der Waals surface area contributed by atoms with Crippen LogP contribution >= 0.6 is 0 Å². The van der Waals surface area contributed by atoms with Crippen LogP contribution in [0.25, 0.3) is 0 Å². The third-order valence-corrected chi connectivity index (χ3v) is 4.24. The monoisotopic (exact) mass is 299 g/mol. The molecule has 0 unspecified atom stereocenters. The number of piperidine rings is 1. The zero-order chi connectivity index (χ0) is 14.9. The maximum atomic E-state index is 12.7. The van der Waals surface area contributed by atoms with Crippen LogP contribution in [0.1, 0.15) is 31.2 Å². The molecule has 3 nitrogen and oxygen atoms in total. The zero-order valence-corrected chi connectivity index (χ0v) is 11.9. The molecule has 0 radical (unpaired) electrons. The summed E-state index contributed by atoms with van der Waals surface area (Å²) in [5, 5.41) is 3.15. The van der Waals surface area contributed by atoms with Gasteiger partial charge in [0.25, 0.3) is 0 Å². The van der Waals surface area contributed by atoms with Crippen LogP contribution in [0.3, 0.4) is 0 Å². The van der Waals surface area contributed by atoms with Gasteiger partial charge in [-0.05, 0) is 43.7 Å². The van der Waals surface area contributed by atoms with Crippen molar-refractivity contribution in [1.29, 1.82) is 0 Å². The first kappa shape index (κ1) is 14.6. The molecular weight excluding hydrogens is 279 g/mol. The van der Waals surface area contributed by atoms with Crippen molar-refractivity contribution in [3.05, 3.63) is 23.9 Å². The Labute approximate surface area is 122 Å². The standard InChI is InChI=1S/C15H20F3N3/c16-15(17,18)12-3-6-19-14(9-12)20-13-4-7-21(8-5-13)10-11-1-2-11/h3,6,9,11,13H,1-2,4-5,7-8,10H2,(H,19,20). The van der Waals surface area contributed by atoms with Gasteiger partial charge in [0.15, 0.2) is 0 Å². The van der Waals surface area contributed by atoms with Gasteiger partial charge in [0, 0.05) is 31.9 Å². The van der Waals surface area contributed by atoms with Gasteiger partial charge >= 0.3 is 6.18 Å². The second-order valence-corrected chi connectivity index (χ2v) is 6.09. The first-order chi connectivity index (χ1) is 10.0. The number of aromatic nitrogens is 1. The van der Waals surface area contributed by atoms with Crippen LogP contribution in [0.5, 0.6) is 0 Å². The molecule has 0 amide bonds. The predicted octanol–water partition coefficient (Wildman–Crippen LogP) is 3.39. The summed E-state index contributed by atoms with van der Waals surface area (Å²) >= 11 is 0.